The lowest BCUT2D eigenvalue weighted by atomic mass is 9.93. The molecule has 2 aromatic rings. The topological polar surface area (TPSA) is 74.7 Å². The molecular formula is C17H18N4. The number of nitriles is 1. The summed E-state index contributed by atoms with van der Waals surface area (Å²) in [6.07, 6.45) is 2.64. The number of nitrogens with one attached hydrogen (secondary N) is 1. The van der Waals surface area contributed by atoms with Crippen LogP contribution in [0.2, 0.25) is 0 Å². The zero-order valence-electron chi connectivity index (χ0n) is 12.3. The van der Waals surface area contributed by atoms with Gasteiger partial charge in [0.05, 0.1) is 5.56 Å². The fourth-order valence-corrected chi connectivity index (χ4v) is 2.99. The van der Waals surface area contributed by atoms with E-state index in [2.05, 4.69) is 48.4 Å². The molecule has 0 radical (unpaired) electrons. The van der Waals surface area contributed by atoms with Gasteiger partial charge in [0.1, 0.15) is 11.9 Å². The average molecular weight is 278 g/mol. The molecule has 0 fully saturated rings. The van der Waals surface area contributed by atoms with Crippen LogP contribution in [0.25, 0.3) is 0 Å². The molecule has 106 valence electrons. The van der Waals surface area contributed by atoms with E-state index in [1.54, 1.807) is 6.20 Å². The maximum atomic E-state index is 9.37. The predicted octanol–water partition coefficient (Wildman–Crippen LogP) is 2.54. The number of aryl methyl sites for hydroxylation is 2. The summed E-state index contributed by atoms with van der Waals surface area (Å²) in [6, 6.07) is 8.82. The van der Waals surface area contributed by atoms with Gasteiger partial charge in [0, 0.05) is 18.8 Å². The fraction of sp³-hybridized carbons (Fsp3) is 0.294. The summed E-state index contributed by atoms with van der Waals surface area (Å²) in [5.74, 6) is 0.325. The number of aromatic nitrogens is 1. The summed E-state index contributed by atoms with van der Waals surface area (Å²) in [7, 11) is 0. The number of fused-ring (bicyclic) bond motifs is 1. The highest BCUT2D eigenvalue weighted by atomic mass is 15.0. The summed E-state index contributed by atoms with van der Waals surface area (Å²) in [6.45, 7) is 4.96. The summed E-state index contributed by atoms with van der Waals surface area (Å²) in [5.41, 5.74) is 12.3. The maximum absolute atomic E-state index is 9.37. The second-order valence-electron chi connectivity index (χ2n) is 5.64. The second kappa shape index (κ2) is 5.19. The highest BCUT2D eigenvalue weighted by molar-refractivity contribution is 5.58. The molecule has 3 N–H and O–H groups in total. The Bertz CT molecular complexity index is 743. The zero-order valence-corrected chi connectivity index (χ0v) is 12.3. The Morgan fingerprint density at radius 1 is 1.43 bits per heavy atom. The molecule has 1 aliphatic rings. The summed E-state index contributed by atoms with van der Waals surface area (Å²) < 4.78 is 0. The van der Waals surface area contributed by atoms with Gasteiger partial charge in [-0.15, -0.1) is 0 Å². The maximum Gasteiger partial charge on any atom is 0.141 e. The molecule has 2 heterocycles. The molecule has 1 atom stereocenters. The van der Waals surface area contributed by atoms with Crippen molar-refractivity contribution in [3.8, 4) is 6.07 Å². The smallest absolute Gasteiger partial charge is 0.141 e. The molecule has 0 amide bonds. The number of nitrogens with two attached hydrogens (primary N) is 1. The minimum atomic E-state index is 0.125. The molecule has 1 aromatic carbocycles. The van der Waals surface area contributed by atoms with Crippen LogP contribution < -0.4 is 11.1 Å². The van der Waals surface area contributed by atoms with Crippen LogP contribution in [0.1, 0.15) is 39.4 Å². The van der Waals surface area contributed by atoms with Crippen LogP contribution in [0.5, 0.6) is 0 Å². The van der Waals surface area contributed by atoms with Gasteiger partial charge in [-0.3, -0.25) is 0 Å². The molecule has 1 unspecified atom stereocenters. The standard InChI is InChI=1S/C17H18N4/c1-10-3-4-11(2)12(5-10)6-15-16-13(8-20-15)9-21-17(19)14(16)7-18/h3-5,9,15,20H,6,8H2,1-2H3,(H2,19,21). The molecule has 4 heteroatoms. The van der Waals surface area contributed by atoms with E-state index in [1.807, 2.05) is 0 Å². The first kappa shape index (κ1) is 13.6. The van der Waals surface area contributed by atoms with E-state index in [0.717, 1.165) is 24.1 Å². The number of rotatable bonds is 2. The highest BCUT2D eigenvalue weighted by Gasteiger charge is 2.27. The third kappa shape index (κ3) is 2.37. The summed E-state index contributed by atoms with van der Waals surface area (Å²) >= 11 is 0. The number of hydrogen-bond acceptors (Lipinski definition) is 4. The Labute approximate surface area is 124 Å². The van der Waals surface area contributed by atoms with Gasteiger partial charge in [-0.05, 0) is 42.5 Å². The van der Waals surface area contributed by atoms with Crippen LogP contribution in [-0.4, -0.2) is 4.98 Å². The van der Waals surface area contributed by atoms with Gasteiger partial charge in [0.2, 0.25) is 0 Å². The minimum Gasteiger partial charge on any atom is -0.383 e. The van der Waals surface area contributed by atoms with E-state index in [0.29, 0.717) is 11.4 Å². The van der Waals surface area contributed by atoms with Crippen LogP contribution in [0.15, 0.2) is 24.4 Å². The third-order valence-corrected chi connectivity index (χ3v) is 4.16. The first-order chi connectivity index (χ1) is 10.1. The van der Waals surface area contributed by atoms with Gasteiger partial charge in [-0.25, -0.2) is 4.98 Å². The Kier molecular flexibility index (Phi) is 3.36. The van der Waals surface area contributed by atoms with Gasteiger partial charge >= 0.3 is 0 Å². The number of hydrogen-bond donors (Lipinski definition) is 2. The van der Waals surface area contributed by atoms with Crippen LogP contribution in [0.4, 0.5) is 5.82 Å². The third-order valence-electron chi connectivity index (χ3n) is 4.16. The monoisotopic (exact) mass is 278 g/mol. The summed E-state index contributed by atoms with van der Waals surface area (Å²) in [4.78, 5) is 4.11. The molecule has 0 saturated heterocycles. The predicted molar refractivity (Wildman–Crippen MR) is 82.6 cm³/mol. The van der Waals surface area contributed by atoms with Crippen molar-refractivity contribution in [3.63, 3.8) is 0 Å². The molecule has 1 aromatic heterocycles. The molecule has 21 heavy (non-hydrogen) atoms. The van der Waals surface area contributed by atoms with Crippen molar-refractivity contribution < 1.29 is 0 Å². The van der Waals surface area contributed by atoms with Gasteiger partial charge in [0.15, 0.2) is 0 Å². The van der Waals surface area contributed by atoms with Crippen molar-refractivity contribution in [2.75, 3.05) is 5.73 Å². The van der Waals surface area contributed by atoms with E-state index in [9.17, 15) is 5.26 Å². The number of benzene rings is 1. The van der Waals surface area contributed by atoms with E-state index < -0.39 is 0 Å². The molecule has 4 nitrogen and oxygen atoms in total. The fourth-order valence-electron chi connectivity index (χ4n) is 2.99. The lowest BCUT2D eigenvalue weighted by Crippen LogP contribution is -2.16. The second-order valence-corrected chi connectivity index (χ2v) is 5.64. The number of nitrogens with zero attached hydrogens (tertiary/aromatic N) is 2. The number of pyridine rings is 1. The Morgan fingerprint density at radius 2 is 2.24 bits per heavy atom. The van der Waals surface area contributed by atoms with E-state index in [-0.39, 0.29) is 6.04 Å². The Hall–Kier alpha value is -2.38. The van der Waals surface area contributed by atoms with E-state index in [1.165, 1.54) is 16.7 Å². The van der Waals surface area contributed by atoms with Crippen molar-refractivity contribution in [2.45, 2.75) is 32.9 Å². The van der Waals surface area contributed by atoms with Crippen molar-refractivity contribution in [1.82, 2.24) is 10.3 Å². The SMILES string of the molecule is Cc1ccc(C)c(CC2NCc3cnc(N)c(C#N)c32)c1. The molecule has 0 bridgehead atoms. The van der Waals surface area contributed by atoms with Crippen LogP contribution in [-0.2, 0) is 13.0 Å². The quantitative estimate of drug-likeness (QED) is 0.885. The largest absolute Gasteiger partial charge is 0.383 e. The van der Waals surface area contributed by atoms with Gasteiger partial charge in [0.25, 0.3) is 0 Å². The Morgan fingerprint density at radius 3 is 3.00 bits per heavy atom. The lowest BCUT2D eigenvalue weighted by molar-refractivity contribution is 0.579. The van der Waals surface area contributed by atoms with Gasteiger partial charge < -0.3 is 11.1 Å². The van der Waals surface area contributed by atoms with Crippen molar-refractivity contribution in [1.29, 1.82) is 5.26 Å². The van der Waals surface area contributed by atoms with Crippen LogP contribution >= 0.6 is 0 Å². The van der Waals surface area contributed by atoms with Gasteiger partial charge in [-0.1, -0.05) is 23.8 Å². The van der Waals surface area contributed by atoms with E-state index >= 15 is 0 Å². The molecule has 3 rings (SSSR count). The van der Waals surface area contributed by atoms with Crippen LogP contribution in [0, 0.1) is 25.2 Å². The summed E-state index contributed by atoms with van der Waals surface area (Å²) in [5, 5.41) is 12.8. The van der Waals surface area contributed by atoms with Crippen molar-refractivity contribution in [2.24, 2.45) is 0 Å². The van der Waals surface area contributed by atoms with Crippen molar-refractivity contribution in [3.05, 3.63) is 57.8 Å². The van der Waals surface area contributed by atoms with Crippen LogP contribution in [0.3, 0.4) is 0 Å². The number of nitrogen functional groups attached to an aromatic ring is 1. The number of anilines is 1. The van der Waals surface area contributed by atoms with Gasteiger partial charge in [-0.2, -0.15) is 5.26 Å². The minimum absolute atomic E-state index is 0.125. The van der Waals surface area contributed by atoms with E-state index in [4.69, 9.17) is 5.73 Å². The molecule has 0 saturated carbocycles. The highest BCUT2D eigenvalue weighted by Crippen LogP contribution is 2.33. The molecule has 1 aliphatic heterocycles. The lowest BCUT2D eigenvalue weighted by Gasteiger charge is -2.16. The first-order valence-corrected chi connectivity index (χ1v) is 7.07. The Balaban J connectivity index is 2.00. The average Bonchev–Trinajstić information content (AvgIpc) is 2.86. The van der Waals surface area contributed by atoms with Crippen molar-refractivity contribution >= 4 is 5.82 Å². The molecular weight excluding hydrogens is 260 g/mol. The first-order valence-electron chi connectivity index (χ1n) is 7.07. The molecule has 0 aliphatic carbocycles. The normalized spacial score (nSPS) is 16.5. The zero-order chi connectivity index (χ0) is 15.0. The molecule has 0 spiro atoms.